The second-order valence-electron chi connectivity index (χ2n) is 10.9. The van der Waals surface area contributed by atoms with Gasteiger partial charge in [0.05, 0.1) is 13.5 Å². The number of unbranched alkanes of at least 4 members (excludes halogenated alkanes) is 4. The molecule has 2 atom stereocenters. The van der Waals surface area contributed by atoms with Gasteiger partial charge in [0, 0.05) is 6.54 Å². The van der Waals surface area contributed by atoms with Crippen molar-refractivity contribution in [1.29, 1.82) is 0 Å². The number of nitrogens with zero attached hydrogens (tertiary/aromatic N) is 1. The number of carbonyl (C=O) groups excluding carboxylic acids is 5. The van der Waals surface area contributed by atoms with Gasteiger partial charge in [0.1, 0.15) is 24.2 Å². The van der Waals surface area contributed by atoms with E-state index in [4.69, 9.17) is 10.5 Å². The van der Waals surface area contributed by atoms with Gasteiger partial charge in [0.25, 0.3) is 0 Å². The van der Waals surface area contributed by atoms with Crippen LogP contribution in [0.2, 0.25) is 0 Å². The Hall–Kier alpha value is -3.63. The smallest absolute Gasteiger partial charge is 0.408 e. The van der Waals surface area contributed by atoms with Gasteiger partial charge in [-0.15, -0.1) is 0 Å². The van der Waals surface area contributed by atoms with E-state index in [0.717, 1.165) is 36.8 Å². The number of benzene rings is 1. The largest absolute Gasteiger partial charge is 0.468 e. The number of aryl methyl sites for hydroxylation is 2. The first kappa shape index (κ1) is 34.4. The minimum absolute atomic E-state index is 0.164. The number of esters is 1. The van der Waals surface area contributed by atoms with Gasteiger partial charge in [0.2, 0.25) is 17.7 Å². The summed E-state index contributed by atoms with van der Waals surface area (Å²) in [5.41, 5.74) is 6.76. The van der Waals surface area contributed by atoms with Crippen molar-refractivity contribution >= 4 is 29.8 Å². The third kappa shape index (κ3) is 12.0. The maximum Gasteiger partial charge on any atom is 0.408 e. The molecule has 0 heterocycles. The maximum absolute atomic E-state index is 14.1. The first-order chi connectivity index (χ1) is 18.7. The minimum atomic E-state index is -1.37. The van der Waals surface area contributed by atoms with Crippen molar-refractivity contribution in [2.45, 2.75) is 97.8 Å². The molecule has 0 aliphatic carbocycles. The van der Waals surface area contributed by atoms with Crippen molar-refractivity contribution in [1.82, 2.24) is 15.5 Å². The van der Waals surface area contributed by atoms with Crippen molar-refractivity contribution in [3.05, 3.63) is 34.9 Å². The van der Waals surface area contributed by atoms with E-state index in [9.17, 15) is 24.0 Å². The molecule has 0 saturated carbocycles. The number of ether oxygens (including phenoxy) is 2. The van der Waals surface area contributed by atoms with Crippen LogP contribution in [0.25, 0.3) is 0 Å². The number of methoxy groups -OCH3 is 1. The summed E-state index contributed by atoms with van der Waals surface area (Å²) in [5.74, 6) is -2.73. The molecule has 11 nitrogen and oxygen atoms in total. The van der Waals surface area contributed by atoms with Crippen LogP contribution in [0.4, 0.5) is 4.79 Å². The molecule has 1 rings (SSSR count). The van der Waals surface area contributed by atoms with Crippen LogP contribution in [-0.2, 0) is 28.7 Å². The van der Waals surface area contributed by atoms with E-state index >= 15 is 0 Å². The molecule has 0 bridgehead atoms. The molecule has 1 aromatic rings. The standard InChI is InChI=1S/C29H46N4O7/c1-8-9-10-11-12-15-33(27(37)22(17-23(30)34)32-28(38)40-29(4,5)6)25(26(36)31-18-24(35)39-7)21-16-19(2)13-14-20(21)3/h13-14,16,22,25H,8-12,15,17-18H2,1-7H3,(H2,30,34)(H,31,36)(H,32,38). The number of carbonyl (C=O) groups is 5. The number of hydrogen-bond acceptors (Lipinski definition) is 7. The summed E-state index contributed by atoms with van der Waals surface area (Å²) < 4.78 is 9.96. The van der Waals surface area contributed by atoms with Crippen molar-refractivity contribution < 1.29 is 33.4 Å². The Balaban J connectivity index is 3.57. The average Bonchev–Trinajstić information content (AvgIpc) is 2.85. The lowest BCUT2D eigenvalue weighted by Gasteiger charge is -2.35. The fourth-order valence-corrected chi connectivity index (χ4v) is 4.14. The molecule has 40 heavy (non-hydrogen) atoms. The number of primary amides is 1. The summed E-state index contributed by atoms with van der Waals surface area (Å²) in [6.45, 7) is 10.6. The van der Waals surface area contributed by atoms with E-state index in [-0.39, 0.29) is 6.54 Å². The van der Waals surface area contributed by atoms with Crippen LogP contribution in [0.3, 0.4) is 0 Å². The zero-order valence-corrected chi connectivity index (χ0v) is 24.9. The quantitative estimate of drug-likeness (QED) is 0.219. The summed E-state index contributed by atoms with van der Waals surface area (Å²) in [6, 6.07) is 3.01. The molecule has 224 valence electrons. The van der Waals surface area contributed by atoms with E-state index in [1.165, 1.54) is 12.0 Å². The summed E-state index contributed by atoms with van der Waals surface area (Å²) >= 11 is 0. The molecule has 0 saturated heterocycles. The third-order valence-corrected chi connectivity index (χ3v) is 6.10. The number of nitrogens with two attached hydrogens (primary N) is 1. The Morgan fingerprint density at radius 1 is 1.02 bits per heavy atom. The van der Waals surface area contributed by atoms with Crippen LogP contribution in [0.5, 0.6) is 0 Å². The minimum Gasteiger partial charge on any atom is -0.468 e. The summed E-state index contributed by atoms with van der Waals surface area (Å²) in [6.07, 6.45) is 3.00. The Morgan fingerprint density at radius 3 is 2.25 bits per heavy atom. The molecule has 11 heteroatoms. The number of rotatable bonds is 15. The molecule has 4 amide bonds. The van der Waals surface area contributed by atoms with Gasteiger partial charge >= 0.3 is 12.1 Å². The number of nitrogens with one attached hydrogen (secondary N) is 2. The first-order valence-corrected chi connectivity index (χ1v) is 13.7. The predicted octanol–water partition coefficient (Wildman–Crippen LogP) is 3.20. The van der Waals surface area contributed by atoms with Crippen molar-refractivity contribution in [3.8, 4) is 0 Å². The van der Waals surface area contributed by atoms with Crippen molar-refractivity contribution in [3.63, 3.8) is 0 Å². The molecule has 4 N–H and O–H groups in total. The molecule has 0 spiro atoms. The molecule has 0 aliphatic rings. The summed E-state index contributed by atoms with van der Waals surface area (Å²) in [5, 5.41) is 5.03. The van der Waals surface area contributed by atoms with Crippen LogP contribution in [-0.4, -0.2) is 66.5 Å². The Kier molecular flexibility index (Phi) is 14.2. The highest BCUT2D eigenvalue weighted by atomic mass is 16.6. The van der Waals surface area contributed by atoms with Crippen LogP contribution >= 0.6 is 0 Å². The fourth-order valence-electron chi connectivity index (χ4n) is 4.14. The highest BCUT2D eigenvalue weighted by molar-refractivity contribution is 5.95. The zero-order valence-electron chi connectivity index (χ0n) is 24.9. The van der Waals surface area contributed by atoms with Gasteiger partial charge in [-0.3, -0.25) is 19.2 Å². The van der Waals surface area contributed by atoms with Gasteiger partial charge < -0.3 is 30.7 Å². The molecule has 0 aliphatic heterocycles. The average molecular weight is 563 g/mol. The monoisotopic (exact) mass is 562 g/mol. The summed E-state index contributed by atoms with van der Waals surface area (Å²) in [4.78, 5) is 65.4. The van der Waals surface area contributed by atoms with E-state index in [1.807, 2.05) is 26.0 Å². The second kappa shape index (κ2) is 16.5. The van der Waals surface area contributed by atoms with Crippen LogP contribution in [0, 0.1) is 13.8 Å². The third-order valence-electron chi connectivity index (χ3n) is 6.10. The molecule has 0 radical (unpaired) electrons. The highest BCUT2D eigenvalue weighted by Crippen LogP contribution is 2.28. The molecular weight excluding hydrogens is 516 g/mol. The van der Waals surface area contributed by atoms with Crippen LogP contribution in [0.1, 0.15) is 89.0 Å². The molecule has 0 aromatic heterocycles. The first-order valence-electron chi connectivity index (χ1n) is 13.7. The molecule has 1 aromatic carbocycles. The lowest BCUT2D eigenvalue weighted by Crippen LogP contribution is -2.54. The number of alkyl carbamates (subject to hydrolysis) is 1. The zero-order chi connectivity index (χ0) is 30.5. The Bertz CT molecular complexity index is 1040. The normalized spacial score (nSPS) is 12.6. The number of hydrogen-bond donors (Lipinski definition) is 3. The second-order valence-corrected chi connectivity index (χ2v) is 10.9. The molecular formula is C29H46N4O7. The van der Waals surface area contributed by atoms with Crippen molar-refractivity contribution in [2.75, 3.05) is 20.2 Å². The lowest BCUT2D eigenvalue weighted by atomic mass is 9.95. The fraction of sp³-hybridized carbons (Fsp3) is 0.621. The van der Waals surface area contributed by atoms with E-state index < -0.39 is 60.4 Å². The lowest BCUT2D eigenvalue weighted by molar-refractivity contribution is -0.145. The van der Waals surface area contributed by atoms with E-state index in [1.54, 1.807) is 26.8 Å². The molecule has 0 fully saturated rings. The predicted molar refractivity (Wildman–Crippen MR) is 151 cm³/mol. The van der Waals surface area contributed by atoms with Crippen LogP contribution in [0.15, 0.2) is 18.2 Å². The van der Waals surface area contributed by atoms with Gasteiger partial charge in [-0.2, -0.15) is 0 Å². The van der Waals surface area contributed by atoms with E-state index in [2.05, 4.69) is 22.3 Å². The van der Waals surface area contributed by atoms with Gasteiger partial charge in [-0.25, -0.2) is 4.79 Å². The van der Waals surface area contributed by atoms with Gasteiger partial charge in [-0.1, -0.05) is 56.4 Å². The van der Waals surface area contributed by atoms with Gasteiger partial charge in [0.15, 0.2) is 0 Å². The van der Waals surface area contributed by atoms with E-state index in [0.29, 0.717) is 12.0 Å². The SMILES string of the molecule is CCCCCCCN(C(=O)C(CC(N)=O)NC(=O)OC(C)(C)C)C(C(=O)NCC(=O)OC)c1cc(C)ccc1C. The van der Waals surface area contributed by atoms with Crippen LogP contribution < -0.4 is 16.4 Å². The number of amides is 4. The Morgan fingerprint density at radius 2 is 1.68 bits per heavy atom. The van der Waals surface area contributed by atoms with Gasteiger partial charge in [-0.05, 0) is 52.2 Å². The topological polar surface area (TPSA) is 157 Å². The summed E-state index contributed by atoms with van der Waals surface area (Å²) in [7, 11) is 1.21. The maximum atomic E-state index is 14.1. The Labute approximate surface area is 237 Å². The molecule has 2 unspecified atom stereocenters. The van der Waals surface area contributed by atoms with Crippen molar-refractivity contribution in [2.24, 2.45) is 5.73 Å². The highest BCUT2D eigenvalue weighted by Gasteiger charge is 2.37.